The van der Waals surface area contributed by atoms with E-state index in [9.17, 15) is 24.0 Å². The van der Waals surface area contributed by atoms with E-state index < -0.39 is 47.4 Å². The first-order valence-corrected chi connectivity index (χ1v) is 14.8. The van der Waals surface area contributed by atoms with Crippen LogP contribution in [0.2, 0.25) is 0 Å². The standard InChI is InChI=1S/C30H48N4O6/c1-8-13-20(24(35)26(37)31-16-9-2)32-25(36)23-21-19(30(21,6)7)17-34(23)27(38)22(18-14-11-10-12-15-18)33-28(39)40-29(3,4)5/h9,18-23H,2,8,10-17H2,1,3-7H3,(H,31,37)(H,32,36)(H,33,39)/t19-,20-,21-,22-,23-/m0/s1. The number of ether oxygens (including phenoxy) is 1. The minimum Gasteiger partial charge on any atom is -0.444 e. The van der Waals surface area contributed by atoms with Crippen molar-refractivity contribution in [1.82, 2.24) is 20.9 Å². The first kappa shape index (κ1) is 31.6. The van der Waals surface area contributed by atoms with Gasteiger partial charge in [-0.05, 0) is 63.2 Å². The Hall–Kier alpha value is -2.91. The molecular weight excluding hydrogens is 512 g/mol. The lowest BCUT2D eigenvalue weighted by Gasteiger charge is -2.37. The zero-order valence-electron chi connectivity index (χ0n) is 25.0. The Labute approximate surface area is 238 Å². The van der Waals surface area contributed by atoms with Crippen molar-refractivity contribution in [1.29, 1.82) is 0 Å². The van der Waals surface area contributed by atoms with E-state index in [2.05, 4.69) is 36.4 Å². The van der Waals surface area contributed by atoms with Crippen LogP contribution in [0.3, 0.4) is 0 Å². The molecule has 3 fully saturated rings. The number of nitrogens with zero attached hydrogens (tertiary/aromatic N) is 1. The molecule has 0 unspecified atom stereocenters. The highest BCUT2D eigenvalue weighted by Crippen LogP contribution is 2.65. The minimum absolute atomic E-state index is 0.0506. The fourth-order valence-corrected chi connectivity index (χ4v) is 6.50. The van der Waals surface area contributed by atoms with E-state index in [4.69, 9.17) is 4.74 Å². The van der Waals surface area contributed by atoms with Gasteiger partial charge in [-0.3, -0.25) is 19.2 Å². The Morgan fingerprint density at radius 2 is 1.73 bits per heavy atom. The third kappa shape index (κ3) is 7.23. The monoisotopic (exact) mass is 560 g/mol. The fourth-order valence-electron chi connectivity index (χ4n) is 6.50. The number of alkyl carbamates (subject to hydrolysis) is 1. The maximum atomic E-state index is 14.1. The molecule has 1 heterocycles. The van der Waals surface area contributed by atoms with Gasteiger partial charge in [0.15, 0.2) is 0 Å². The maximum Gasteiger partial charge on any atom is 0.408 e. The number of hydrogen-bond donors (Lipinski definition) is 3. The number of rotatable bonds is 11. The minimum atomic E-state index is -0.991. The summed E-state index contributed by atoms with van der Waals surface area (Å²) in [6.07, 6.45) is 6.36. The van der Waals surface area contributed by atoms with Crippen molar-refractivity contribution in [3.63, 3.8) is 0 Å². The van der Waals surface area contributed by atoms with E-state index in [1.54, 1.807) is 25.7 Å². The molecule has 5 atom stereocenters. The smallest absolute Gasteiger partial charge is 0.408 e. The number of amides is 4. The number of nitrogens with one attached hydrogen (secondary N) is 3. The van der Waals surface area contributed by atoms with E-state index in [0.717, 1.165) is 32.1 Å². The summed E-state index contributed by atoms with van der Waals surface area (Å²) < 4.78 is 5.48. The summed E-state index contributed by atoms with van der Waals surface area (Å²) in [6.45, 7) is 15.4. The average molecular weight is 561 g/mol. The van der Waals surface area contributed by atoms with E-state index in [1.165, 1.54) is 6.08 Å². The molecule has 2 aliphatic carbocycles. The predicted molar refractivity (Wildman–Crippen MR) is 151 cm³/mol. The van der Waals surface area contributed by atoms with Crippen LogP contribution in [0, 0.1) is 23.2 Å². The lowest BCUT2D eigenvalue weighted by molar-refractivity contribution is -0.145. The van der Waals surface area contributed by atoms with Gasteiger partial charge < -0.3 is 25.6 Å². The number of fused-ring (bicyclic) bond motifs is 1. The molecule has 3 aliphatic rings. The van der Waals surface area contributed by atoms with Crippen molar-refractivity contribution in [2.24, 2.45) is 23.2 Å². The van der Waals surface area contributed by atoms with E-state index >= 15 is 0 Å². The van der Waals surface area contributed by atoms with Gasteiger partial charge in [0.25, 0.3) is 5.91 Å². The number of ketones is 1. The number of hydrogen-bond acceptors (Lipinski definition) is 6. The van der Waals surface area contributed by atoms with Crippen molar-refractivity contribution in [3.8, 4) is 0 Å². The van der Waals surface area contributed by atoms with Gasteiger partial charge in [0.1, 0.15) is 17.7 Å². The number of piperidine rings is 1. The molecular formula is C30H48N4O6. The zero-order chi connectivity index (χ0) is 29.8. The fraction of sp³-hybridized carbons (Fsp3) is 0.767. The van der Waals surface area contributed by atoms with Crippen LogP contribution < -0.4 is 16.0 Å². The third-order valence-electron chi connectivity index (χ3n) is 8.66. The molecule has 2 saturated carbocycles. The molecule has 0 aromatic heterocycles. The molecule has 0 radical (unpaired) electrons. The van der Waals surface area contributed by atoms with Crippen LogP contribution in [0.1, 0.15) is 86.5 Å². The van der Waals surface area contributed by atoms with Gasteiger partial charge in [0, 0.05) is 13.1 Å². The van der Waals surface area contributed by atoms with Gasteiger partial charge in [-0.25, -0.2) is 4.79 Å². The summed E-state index contributed by atoms with van der Waals surface area (Å²) in [7, 11) is 0. The lowest BCUT2D eigenvalue weighted by Crippen LogP contribution is -2.59. The van der Waals surface area contributed by atoms with Gasteiger partial charge in [0.2, 0.25) is 17.6 Å². The summed E-state index contributed by atoms with van der Waals surface area (Å²) >= 11 is 0. The van der Waals surface area contributed by atoms with Gasteiger partial charge in [-0.1, -0.05) is 52.5 Å². The van der Waals surface area contributed by atoms with Crippen molar-refractivity contribution in [2.45, 2.75) is 110 Å². The first-order chi connectivity index (χ1) is 18.7. The highest BCUT2D eigenvalue weighted by Gasteiger charge is 2.69. The Bertz CT molecular complexity index is 997. The maximum absolute atomic E-state index is 14.1. The van der Waals surface area contributed by atoms with E-state index in [-0.39, 0.29) is 35.6 Å². The van der Waals surface area contributed by atoms with Crippen LogP contribution in [0.5, 0.6) is 0 Å². The van der Waals surface area contributed by atoms with E-state index in [1.807, 2.05) is 6.92 Å². The molecule has 3 rings (SSSR count). The Kier molecular flexibility index (Phi) is 10.1. The van der Waals surface area contributed by atoms with Gasteiger partial charge >= 0.3 is 6.09 Å². The summed E-state index contributed by atoms with van der Waals surface area (Å²) in [4.78, 5) is 67.6. The molecule has 0 bridgehead atoms. The summed E-state index contributed by atoms with van der Waals surface area (Å²) in [5.74, 6) is -2.20. The van der Waals surface area contributed by atoms with Crippen LogP contribution >= 0.6 is 0 Å². The van der Waals surface area contributed by atoms with Crippen molar-refractivity contribution >= 4 is 29.6 Å². The number of carbonyl (C=O) groups excluding carboxylic acids is 5. The van der Waals surface area contributed by atoms with Crippen molar-refractivity contribution in [3.05, 3.63) is 12.7 Å². The van der Waals surface area contributed by atoms with E-state index in [0.29, 0.717) is 19.4 Å². The second-order valence-electron chi connectivity index (χ2n) is 13.1. The molecule has 0 aromatic rings. The first-order valence-electron chi connectivity index (χ1n) is 14.8. The van der Waals surface area contributed by atoms with Crippen LogP contribution in [-0.4, -0.2) is 71.3 Å². The molecule has 224 valence electrons. The average Bonchev–Trinajstić information content (AvgIpc) is 3.21. The Morgan fingerprint density at radius 1 is 1.07 bits per heavy atom. The van der Waals surface area contributed by atoms with Crippen molar-refractivity contribution < 1.29 is 28.7 Å². The van der Waals surface area contributed by atoms with Crippen LogP contribution in [0.15, 0.2) is 12.7 Å². The van der Waals surface area contributed by atoms with Gasteiger partial charge in [-0.2, -0.15) is 0 Å². The molecule has 1 aliphatic heterocycles. The largest absolute Gasteiger partial charge is 0.444 e. The number of likely N-dealkylation sites (tertiary alicyclic amines) is 1. The molecule has 0 spiro atoms. The topological polar surface area (TPSA) is 134 Å². The van der Waals surface area contributed by atoms with Gasteiger partial charge in [-0.15, -0.1) is 6.58 Å². The summed E-state index contributed by atoms with van der Waals surface area (Å²) in [5, 5.41) is 8.13. The molecule has 40 heavy (non-hydrogen) atoms. The summed E-state index contributed by atoms with van der Waals surface area (Å²) in [6, 6.07) is -2.58. The molecule has 10 heteroatoms. The number of carbonyl (C=O) groups is 5. The highest BCUT2D eigenvalue weighted by molar-refractivity contribution is 6.38. The molecule has 4 amide bonds. The second kappa shape index (κ2) is 12.7. The lowest BCUT2D eigenvalue weighted by atomic mass is 9.83. The SMILES string of the molecule is C=CCNC(=O)C(=O)[C@H](CCC)NC(=O)[C@@H]1[C@@H]2[C@H](CN1C(=O)[C@@H](NC(=O)OC(C)(C)C)C1CCCCC1)C2(C)C. The zero-order valence-corrected chi connectivity index (χ0v) is 25.0. The molecule has 0 aromatic carbocycles. The third-order valence-corrected chi connectivity index (χ3v) is 8.66. The Morgan fingerprint density at radius 3 is 2.30 bits per heavy atom. The van der Waals surface area contributed by atoms with Crippen LogP contribution in [0.4, 0.5) is 4.79 Å². The van der Waals surface area contributed by atoms with Crippen molar-refractivity contribution in [2.75, 3.05) is 13.1 Å². The molecule has 10 nitrogen and oxygen atoms in total. The second-order valence-corrected chi connectivity index (χ2v) is 13.1. The number of Topliss-reactive ketones (excluding diaryl/α,β-unsaturated/α-hetero) is 1. The summed E-state index contributed by atoms with van der Waals surface area (Å²) in [5.41, 5.74) is -0.853. The van der Waals surface area contributed by atoms with Crippen LogP contribution in [-0.2, 0) is 23.9 Å². The van der Waals surface area contributed by atoms with Crippen LogP contribution in [0.25, 0.3) is 0 Å². The molecule has 3 N–H and O–H groups in total. The molecule has 1 saturated heterocycles. The quantitative estimate of drug-likeness (QED) is 0.263. The normalized spacial score (nSPS) is 25.1. The Balaban J connectivity index is 1.83. The predicted octanol–water partition coefficient (Wildman–Crippen LogP) is 3.10. The highest BCUT2D eigenvalue weighted by atomic mass is 16.6. The van der Waals surface area contributed by atoms with Gasteiger partial charge in [0.05, 0.1) is 6.04 Å².